The van der Waals surface area contributed by atoms with Gasteiger partial charge in [-0.1, -0.05) is 26.0 Å². The van der Waals surface area contributed by atoms with Crippen LogP contribution >= 0.6 is 0 Å². The van der Waals surface area contributed by atoms with Crippen molar-refractivity contribution in [2.45, 2.75) is 26.7 Å². The minimum Gasteiger partial charge on any atom is -0.396 e. The topological polar surface area (TPSA) is 65.1 Å². The molecule has 0 saturated carbocycles. The number of para-hydroxylation sites is 1. The molecule has 0 bridgehead atoms. The molecule has 0 saturated heterocycles. The molecular formula is C16H22N2O2. The minimum absolute atomic E-state index is 0.0903. The fourth-order valence-electron chi connectivity index (χ4n) is 2.42. The zero-order chi connectivity index (χ0) is 14.6. The number of aromatic amines is 1. The van der Waals surface area contributed by atoms with Crippen LogP contribution in [0.1, 0.15) is 37.0 Å². The molecule has 0 radical (unpaired) electrons. The highest BCUT2D eigenvalue weighted by Gasteiger charge is 2.26. The zero-order valence-electron chi connectivity index (χ0n) is 12.1. The Morgan fingerprint density at radius 2 is 2.05 bits per heavy atom. The van der Waals surface area contributed by atoms with Crippen molar-refractivity contribution in [2.24, 2.45) is 5.41 Å². The summed E-state index contributed by atoms with van der Waals surface area (Å²) in [6, 6.07) is 7.61. The summed E-state index contributed by atoms with van der Waals surface area (Å²) >= 11 is 0. The molecule has 1 amide bonds. The first-order valence-electron chi connectivity index (χ1n) is 7.11. The van der Waals surface area contributed by atoms with Gasteiger partial charge in [0.25, 0.3) is 5.91 Å². The van der Waals surface area contributed by atoms with E-state index in [1.54, 1.807) is 0 Å². The second-order valence-electron chi connectivity index (χ2n) is 5.30. The Kier molecular flexibility index (Phi) is 4.45. The van der Waals surface area contributed by atoms with Gasteiger partial charge in [0, 0.05) is 23.5 Å². The molecule has 4 nitrogen and oxygen atoms in total. The number of hydrogen-bond donors (Lipinski definition) is 3. The molecular weight excluding hydrogens is 252 g/mol. The molecule has 0 fully saturated rings. The van der Waals surface area contributed by atoms with Gasteiger partial charge in [0.2, 0.25) is 0 Å². The Morgan fingerprint density at radius 3 is 2.70 bits per heavy atom. The highest BCUT2D eigenvalue weighted by Crippen LogP contribution is 2.25. The highest BCUT2D eigenvalue weighted by atomic mass is 16.3. The molecule has 0 unspecified atom stereocenters. The van der Waals surface area contributed by atoms with Gasteiger partial charge < -0.3 is 15.4 Å². The van der Waals surface area contributed by atoms with Crippen molar-refractivity contribution in [2.75, 3.05) is 13.2 Å². The van der Waals surface area contributed by atoms with Crippen LogP contribution in [0.15, 0.2) is 30.5 Å². The Balaban J connectivity index is 2.14. The number of aliphatic hydroxyl groups excluding tert-OH is 1. The number of aliphatic hydroxyl groups is 1. The van der Waals surface area contributed by atoms with E-state index >= 15 is 0 Å². The molecule has 0 aliphatic carbocycles. The van der Waals surface area contributed by atoms with Crippen molar-refractivity contribution < 1.29 is 9.90 Å². The number of hydrogen-bond acceptors (Lipinski definition) is 2. The number of nitrogens with one attached hydrogen (secondary N) is 2. The van der Waals surface area contributed by atoms with E-state index in [0.717, 1.165) is 23.7 Å². The maximum Gasteiger partial charge on any atom is 0.253 e. The Hall–Kier alpha value is -1.81. The predicted octanol–water partition coefficient (Wildman–Crippen LogP) is 2.70. The summed E-state index contributed by atoms with van der Waals surface area (Å²) in [6.07, 6.45) is 3.51. The van der Waals surface area contributed by atoms with Gasteiger partial charge in [-0.05, 0) is 25.0 Å². The smallest absolute Gasteiger partial charge is 0.253 e. The van der Waals surface area contributed by atoms with Crippen molar-refractivity contribution in [3.8, 4) is 0 Å². The third kappa shape index (κ3) is 2.70. The van der Waals surface area contributed by atoms with E-state index in [2.05, 4.69) is 10.3 Å². The van der Waals surface area contributed by atoms with Gasteiger partial charge in [0.15, 0.2) is 0 Å². The summed E-state index contributed by atoms with van der Waals surface area (Å²) in [5.41, 5.74) is 1.28. The van der Waals surface area contributed by atoms with Crippen molar-refractivity contribution >= 4 is 16.8 Å². The Morgan fingerprint density at radius 1 is 1.30 bits per heavy atom. The number of rotatable bonds is 6. The molecule has 4 heteroatoms. The van der Waals surface area contributed by atoms with Crippen LogP contribution in [0.5, 0.6) is 0 Å². The average Bonchev–Trinajstić information content (AvgIpc) is 2.97. The second-order valence-corrected chi connectivity index (χ2v) is 5.30. The Bertz CT molecular complexity index is 577. The standard InChI is InChI=1S/C16H22N2O2/c1-3-16(4-2,11-19)10-18-15(20)13-7-5-6-12-8-9-17-14(12)13/h5-9,17,19H,3-4,10-11H2,1-2H3,(H,18,20). The predicted molar refractivity (Wildman–Crippen MR) is 80.7 cm³/mol. The van der Waals surface area contributed by atoms with Gasteiger partial charge in [-0.25, -0.2) is 0 Å². The summed E-state index contributed by atoms with van der Waals surface area (Å²) in [4.78, 5) is 15.4. The number of H-pyrrole nitrogens is 1. The van der Waals surface area contributed by atoms with Crippen molar-refractivity contribution in [1.29, 1.82) is 0 Å². The normalized spacial score (nSPS) is 11.8. The second kappa shape index (κ2) is 6.09. The number of amides is 1. The number of carbonyl (C=O) groups is 1. The van der Waals surface area contributed by atoms with Gasteiger partial charge >= 0.3 is 0 Å². The van der Waals surface area contributed by atoms with E-state index in [1.165, 1.54) is 0 Å². The lowest BCUT2D eigenvalue weighted by molar-refractivity contribution is 0.0852. The molecule has 0 spiro atoms. The molecule has 0 aliphatic heterocycles. The summed E-state index contributed by atoms with van der Waals surface area (Å²) in [5.74, 6) is -0.0993. The SMILES string of the molecule is CCC(CC)(CO)CNC(=O)c1cccc2cc[nH]c12. The average molecular weight is 274 g/mol. The summed E-state index contributed by atoms with van der Waals surface area (Å²) < 4.78 is 0. The molecule has 0 atom stereocenters. The number of fused-ring (bicyclic) bond motifs is 1. The van der Waals surface area contributed by atoms with Crippen molar-refractivity contribution in [3.05, 3.63) is 36.0 Å². The van der Waals surface area contributed by atoms with Gasteiger partial charge in [0.1, 0.15) is 0 Å². The molecule has 2 aromatic rings. The third-order valence-corrected chi connectivity index (χ3v) is 4.29. The quantitative estimate of drug-likeness (QED) is 0.758. The van der Waals surface area contributed by atoms with Crippen LogP contribution in [-0.2, 0) is 0 Å². The lowest BCUT2D eigenvalue weighted by Gasteiger charge is -2.29. The first-order chi connectivity index (χ1) is 9.65. The molecule has 108 valence electrons. The summed E-state index contributed by atoms with van der Waals surface area (Å²) in [6.45, 7) is 4.66. The molecule has 2 rings (SSSR count). The fourth-order valence-corrected chi connectivity index (χ4v) is 2.42. The maximum atomic E-state index is 12.3. The van der Waals surface area contributed by atoms with Crippen LogP contribution in [-0.4, -0.2) is 29.1 Å². The number of benzene rings is 1. The van der Waals surface area contributed by atoms with Gasteiger partial charge in [-0.2, -0.15) is 0 Å². The zero-order valence-corrected chi connectivity index (χ0v) is 12.1. The van der Waals surface area contributed by atoms with E-state index in [1.807, 2.05) is 44.3 Å². The van der Waals surface area contributed by atoms with E-state index in [0.29, 0.717) is 12.1 Å². The first-order valence-corrected chi connectivity index (χ1v) is 7.11. The minimum atomic E-state index is -0.223. The lowest BCUT2D eigenvalue weighted by atomic mass is 9.83. The molecule has 0 aliphatic rings. The summed E-state index contributed by atoms with van der Waals surface area (Å²) in [5, 5.41) is 13.5. The van der Waals surface area contributed by atoms with Crippen molar-refractivity contribution in [1.82, 2.24) is 10.3 Å². The molecule has 1 aromatic carbocycles. The van der Waals surface area contributed by atoms with E-state index < -0.39 is 0 Å². The van der Waals surface area contributed by atoms with Crippen LogP contribution in [0, 0.1) is 5.41 Å². The third-order valence-electron chi connectivity index (χ3n) is 4.29. The highest BCUT2D eigenvalue weighted by molar-refractivity contribution is 6.05. The van der Waals surface area contributed by atoms with Crippen LogP contribution in [0.2, 0.25) is 0 Å². The van der Waals surface area contributed by atoms with Crippen LogP contribution < -0.4 is 5.32 Å². The molecule has 1 aromatic heterocycles. The number of aromatic nitrogens is 1. The van der Waals surface area contributed by atoms with Crippen LogP contribution in [0.3, 0.4) is 0 Å². The lowest BCUT2D eigenvalue weighted by Crippen LogP contribution is -2.39. The van der Waals surface area contributed by atoms with E-state index in [-0.39, 0.29) is 17.9 Å². The number of carbonyl (C=O) groups excluding carboxylic acids is 1. The monoisotopic (exact) mass is 274 g/mol. The van der Waals surface area contributed by atoms with Gasteiger partial charge in [-0.3, -0.25) is 4.79 Å². The maximum absolute atomic E-state index is 12.3. The van der Waals surface area contributed by atoms with Crippen LogP contribution in [0.25, 0.3) is 10.9 Å². The molecule has 1 heterocycles. The van der Waals surface area contributed by atoms with E-state index in [4.69, 9.17) is 0 Å². The fraction of sp³-hybridized carbons (Fsp3) is 0.438. The van der Waals surface area contributed by atoms with Crippen LogP contribution in [0.4, 0.5) is 0 Å². The van der Waals surface area contributed by atoms with Gasteiger partial charge in [-0.15, -0.1) is 0 Å². The summed E-state index contributed by atoms with van der Waals surface area (Å²) in [7, 11) is 0. The molecule has 20 heavy (non-hydrogen) atoms. The van der Waals surface area contributed by atoms with Gasteiger partial charge in [0.05, 0.1) is 17.7 Å². The molecule has 3 N–H and O–H groups in total. The Labute approximate surface area is 119 Å². The first kappa shape index (κ1) is 14.6. The van der Waals surface area contributed by atoms with E-state index in [9.17, 15) is 9.90 Å². The largest absolute Gasteiger partial charge is 0.396 e. The van der Waals surface area contributed by atoms with Crippen molar-refractivity contribution in [3.63, 3.8) is 0 Å².